The number of H-pyrrole nitrogens is 1. The molecule has 0 aliphatic carbocycles. The van der Waals surface area contributed by atoms with Crippen molar-refractivity contribution in [3.8, 4) is 0 Å². The molecule has 1 atom stereocenters. The highest BCUT2D eigenvalue weighted by molar-refractivity contribution is 6.42. The molecule has 0 spiro atoms. The molecule has 2 N–H and O–H groups in total. The lowest BCUT2D eigenvalue weighted by molar-refractivity contribution is 0.0935. The summed E-state index contributed by atoms with van der Waals surface area (Å²) < 4.78 is 0. The lowest BCUT2D eigenvalue weighted by atomic mass is 10.1. The number of nitrogens with one attached hydrogen (secondary N) is 2. The largest absolute Gasteiger partial charge is 0.344 e. The van der Waals surface area contributed by atoms with Gasteiger partial charge in [0.15, 0.2) is 5.69 Å². The molecule has 0 saturated heterocycles. The maximum Gasteiger partial charge on any atom is 0.273 e. The predicted octanol–water partition coefficient (Wildman–Crippen LogP) is 2.60. The summed E-state index contributed by atoms with van der Waals surface area (Å²) in [7, 11) is 0. The number of halogens is 2. The third-order valence-electron chi connectivity index (χ3n) is 2.44. The maximum atomic E-state index is 11.8. The summed E-state index contributed by atoms with van der Waals surface area (Å²) in [5.74, 6) is -0.327. The van der Waals surface area contributed by atoms with Crippen molar-refractivity contribution in [1.29, 1.82) is 0 Å². The molecule has 0 bridgehead atoms. The van der Waals surface area contributed by atoms with Crippen molar-refractivity contribution in [2.75, 3.05) is 0 Å². The van der Waals surface area contributed by atoms with Crippen molar-refractivity contribution in [3.63, 3.8) is 0 Å². The van der Waals surface area contributed by atoms with Gasteiger partial charge in [0, 0.05) is 0 Å². The highest BCUT2D eigenvalue weighted by atomic mass is 35.5. The quantitative estimate of drug-likeness (QED) is 0.910. The first-order valence-corrected chi connectivity index (χ1v) is 5.95. The Kier molecular flexibility index (Phi) is 3.84. The van der Waals surface area contributed by atoms with E-state index in [1.54, 1.807) is 12.1 Å². The average Bonchev–Trinajstić information content (AvgIpc) is 2.86. The first kappa shape index (κ1) is 12.9. The van der Waals surface area contributed by atoms with Crippen molar-refractivity contribution < 1.29 is 4.79 Å². The van der Waals surface area contributed by atoms with Crippen LogP contribution in [0.4, 0.5) is 0 Å². The minimum atomic E-state index is -0.327. The van der Waals surface area contributed by atoms with E-state index in [4.69, 9.17) is 23.2 Å². The van der Waals surface area contributed by atoms with Gasteiger partial charge in [-0.15, -0.1) is 0 Å². The van der Waals surface area contributed by atoms with Gasteiger partial charge in [-0.2, -0.15) is 15.4 Å². The van der Waals surface area contributed by atoms with Crippen LogP contribution in [0.15, 0.2) is 24.4 Å². The second-order valence-electron chi connectivity index (χ2n) is 3.69. The topological polar surface area (TPSA) is 70.7 Å². The van der Waals surface area contributed by atoms with E-state index in [1.165, 1.54) is 6.20 Å². The molecular formula is C11H10Cl2N4O. The number of hydrogen-bond donors (Lipinski definition) is 2. The Morgan fingerprint density at radius 1 is 1.44 bits per heavy atom. The highest BCUT2D eigenvalue weighted by Gasteiger charge is 2.16. The molecular weight excluding hydrogens is 275 g/mol. The van der Waals surface area contributed by atoms with Crippen LogP contribution >= 0.6 is 23.2 Å². The number of benzene rings is 1. The zero-order chi connectivity index (χ0) is 13.1. The fourth-order valence-electron chi connectivity index (χ4n) is 1.51. The highest BCUT2D eigenvalue weighted by Crippen LogP contribution is 2.29. The van der Waals surface area contributed by atoms with Gasteiger partial charge in [0.05, 0.1) is 22.3 Å². The van der Waals surface area contributed by atoms with Crippen LogP contribution < -0.4 is 5.32 Å². The van der Waals surface area contributed by atoms with Crippen LogP contribution in [0, 0.1) is 0 Å². The van der Waals surface area contributed by atoms with E-state index >= 15 is 0 Å². The van der Waals surface area contributed by atoms with Crippen molar-refractivity contribution in [1.82, 2.24) is 20.7 Å². The maximum absolute atomic E-state index is 11.8. The second-order valence-corrected chi connectivity index (χ2v) is 4.48. The summed E-state index contributed by atoms with van der Waals surface area (Å²) in [6, 6.07) is 5.00. The molecule has 0 fully saturated rings. The summed E-state index contributed by atoms with van der Waals surface area (Å²) in [5, 5.41) is 13.3. The molecule has 2 aromatic rings. The standard InChI is InChI=1S/C11H10Cl2N4O/c1-6(7-3-2-4-8(12)10(7)13)15-11(18)9-5-14-17-16-9/h2-6H,1H3,(H,15,18)(H,14,16,17)/t6-/m0/s1. The number of amides is 1. The molecule has 0 aliphatic rings. The summed E-state index contributed by atoms with van der Waals surface area (Å²) in [6.07, 6.45) is 1.35. The van der Waals surface area contributed by atoms with Gasteiger partial charge in [-0.1, -0.05) is 35.3 Å². The van der Waals surface area contributed by atoms with Crippen LogP contribution in [0.2, 0.25) is 10.0 Å². The predicted molar refractivity (Wildman–Crippen MR) is 68.7 cm³/mol. The molecule has 0 radical (unpaired) electrons. The molecule has 0 saturated carbocycles. The molecule has 94 valence electrons. The van der Waals surface area contributed by atoms with Crippen LogP contribution in [0.3, 0.4) is 0 Å². The van der Waals surface area contributed by atoms with Crippen molar-refractivity contribution in [2.45, 2.75) is 13.0 Å². The van der Waals surface area contributed by atoms with Gasteiger partial charge in [0.25, 0.3) is 5.91 Å². The Bertz CT molecular complexity index is 556. The Morgan fingerprint density at radius 2 is 2.22 bits per heavy atom. The van der Waals surface area contributed by atoms with Gasteiger partial charge in [-0.3, -0.25) is 4.79 Å². The van der Waals surface area contributed by atoms with Crippen LogP contribution in [0.5, 0.6) is 0 Å². The number of carbonyl (C=O) groups excluding carboxylic acids is 1. The third kappa shape index (κ3) is 2.63. The van der Waals surface area contributed by atoms with Gasteiger partial charge in [0.2, 0.25) is 0 Å². The van der Waals surface area contributed by atoms with Crippen molar-refractivity contribution >= 4 is 29.1 Å². The Labute approximate surface area is 113 Å². The van der Waals surface area contributed by atoms with Crippen molar-refractivity contribution in [3.05, 3.63) is 45.7 Å². The number of carbonyl (C=O) groups is 1. The van der Waals surface area contributed by atoms with Gasteiger partial charge in [-0.25, -0.2) is 0 Å². The molecule has 1 aromatic carbocycles. The molecule has 7 heteroatoms. The molecule has 1 amide bonds. The van der Waals surface area contributed by atoms with Crippen LogP contribution in [0.1, 0.15) is 29.0 Å². The summed E-state index contributed by atoms with van der Waals surface area (Å²) >= 11 is 12.0. The van der Waals surface area contributed by atoms with Gasteiger partial charge in [0.1, 0.15) is 0 Å². The first-order valence-electron chi connectivity index (χ1n) is 5.20. The molecule has 1 aromatic heterocycles. The zero-order valence-electron chi connectivity index (χ0n) is 9.45. The lowest BCUT2D eigenvalue weighted by Gasteiger charge is -2.15. The summed E-state index contributed by atoms with van der Waals surface area (Å²) in [6.45, 7) is 1.82. The van der Waals surface area contributed by atoms with Gasteiger partial charge >= 0.3 is 0 Å². The number of nitrogens with zero attached hydrogens (tertiary/aromatic N) is 2. The Morgan fingerprint density at radius 3 is 2.89 bits per heavy atom. The molecule has 5 nitrogen and oxygen atoms in total. The number of aromatic nitrogens is 3. The van der Waals surface area contributed by atoms with E-state index in [9.17, 15) is 4.79 Å². The monoisotopic (exact) mass is 284 g/mol. The lowest BCUT2D eigenvalue weighted by Crippen LogP contribution is -2.27. The molecule has 2 rings (SSSR count). The van der Waals surface area contributed by atoms with Crippen molar-refractivity contribution in [2.24, 2.45) is 0 Å². The van der Waals surface area contributed by atoms with Crippen LogP contribution in [0.25, 0.3) is 0 Å². The normalized spacial score (nSPS) is 12.2. The van der Waals surface area contributed by atoms with E-state index in [-0.39, 0.29) is 17.6 Å². The van der Waals surface area contributed by atoms with E-state index in [2.05, 4.69) is 20.7 Å². The summed E-state index contributed by atoms with van der Waals surface area (Å²) in [4.78, 5) is 11.8. The van der Waals surface area contributed by atoms with E-state index in [0.29, 0.717) is 10.0 Å². The minimum absolute atomic E-state index is 0.222. The molecule has 1 heterocycles. The average molecular weight is 285 g/mol. The third-order valence-corrected chi connectivity index (χ3v) is 3.28. The van der Waals surface area contributed by atoms with Gasteiger partial charge in [-0.05, 0) is 18.6 Å². The molecule has 18 heavy (non-hydrogen) atoms. The fourth-order valence-corrected chi connectivity index (χ4v) is 1.99. The molecule has 0 unspecified atom stereocenters. The smallest absolute Gasteiger partial charge is 0.273 e. The fraction of sp³-hybridized carbons (Fsp3) is 0.182. The Balaban J connectivity index is 2.15. The number of rotatable bonds is 3. The zero-order valence-corrected chi connectivity index (χ0v) is 11.0. The SMILES string of the molecule is C[C@H](NC(=O)c1cn[nH]n1)c1cccc(Cl)c1Cl. The first-order chi connectivity index (χ1) is 8.59. The second kappa shape index (κ2) is 5.37. The van der Waals surface area contributed by atoms with Crippen LogP contribution in [-0.2, 0) is 0 Å². The number of hydrogen-bond acceptors (Lipinski definition) is 3. The minimum Gasteiger partial charge on any atom is -0.344 e. The number of aromatic amines is 1. The molecule has 0 aliphatic heterocycles. The van der Waals surface area contributed by atoms with E-state index in [0.717, 1.165) is 5.56 Å². The Hall–Kier alpha value is -1.59. The van der Waals surface area contributed by atoms with E-state index < -0.39 is 0 Å². The van der Waals surface area contributed by atoms with Crippen LogP contribution in [-0.4, -0.2) is 21.3 Å². The summed E-state index contributed by atoms with van der Waals surface area (Å²) in [5.41, 5.74) is 0.973. The van der Waals surface area contributed by atoms with E-state index in [1.807, 2.05) is 13.0 Å². The van der Waals surface area contributed by atoms with Gasteiger partial charge < -0.3 is 5.32 Å².